The second kappa shape index (κ2) is 12.4. The Morgan fingerprint density at radius 1 is 0.667 bits per heavy atom. The fraction of sp³-hybridized carbons (Fsp3) is 0.278. The van der Waals surface area contributed by atoms with Crippen molar-refractivity contribution in [1.82, 2.24) is 0 Å². The minimum absolute atomic E-state index is 0.0183. The van der Waals surface area contributed by atoms with Gasteiger partial charge in [0.1, 0.15) is 23.4 Å². The average Bonchev–Trinajstić information content (AvgIpc) is 3.72. The molecule has 4 aromatic carbocycles. The van der Waals surface area contributed by atoms with Crippen molar-refractivity contribution in [2.45, 2.75) is 35.6 Å². The van der Waals surface area contributed by atoms with Crippen molar-refractivity contribution in [3.63, 3.8) is 0 Å². The third kappa shape index (κ3) is 4.93. The molecule has 1 saturated carbocycles. The Morgan fingerprint density at radius 2 is 1.02 bits per heavy atom. The van der Waals surface area contributed by atoms with Crippen molar-refractivity contribution in [1.29, 1.82) is 0 Å². The second-order valence-electron chi connectivity index (χ2n) is 11.0. The highest BCUT2D eigenvalue weighted by atomic mass is 16.7. The van der Waals surface area contributed by atoms with Gasteiger partial charge in [-0.15, -0.1) is 0 Å². The Kier molecular flexibility index (Phi) is 8.43. The molecule has 1 N–H and O–H groups in total. The zero-order valence-corrected chi connectivity index (χ0v) is 24.1. The maximum atomic E-state index is 9.38. The molecule has 0 radical (unpaired) electrons. The molecule has 0 unspecified atom stereocenters. The normalized spacial score (nSPS) is 22.5. The summed E-state index contributed by atoms with van der Waals surface area (Å²) >= 11 is 0. The number of allylic oxidation sites excluding steroid dienone is 1. The summed E-state index contributed by atoms with van der Waals surface area (Å²) in [4.78, 5) is 0. The largest absolute Gasteiger partial charge is 0.461 e. The van der Waals surface area contributed by atoms with Crippen LogP contribution >= 0.6 is 0 Å². The van der Waals surface area contributed by atoms with Gasteiger partial charge < -0.3 is 23.9 Å². The molecule has 42 heavy (non-hydrogen) atoms. The standard InChI is InChI=1S/C36H37BO5/c1-39-35(28-17-7-3-8-18-28,29-19-9-4-10-20-29)33-34(42-37(41-33)32-26-27(32)16-15-25-38)36(40-2,30-21-11-5-12-22-30)31-23-13-6-14-24-31/h3-24,27,32-34,38H,25-26H2,1-2H3/b16-15+/t27-,32+,33+,34+/m0/s1. The van der Waals surface area contributed by atoms with Crippen LogP contribution in [0.5, 0.6) is 0 Å². The molecule has 1 aliphatic carbocycles. The second-order valence-corrected chi connectivity index (χ2v) is 11.0. The molecule has 6 rings (SSSR count). The third-order valence-electron chi connectivity index (χ3n) is 8.82. The van der Waals surface area contributed by atoms with E-state index < -0.39 is 30.5 Å². The van der Waals surface area contributed by atoms with Crippen LogP contribution in [0.3, 0.4) is 0 Å². The van der Waals surface area contributed by atoms with Gasteiger partial charge >= 0.3 is 7.12 Å². The van der Waals surface area contributed by atoms with Gasteiger partial charge in [-0.05, 0) is 34.6 Å². The van der Waals surface area contributed by atoms with Crippen LogP contribution in [0.2, 0.25) is 5.82 Å². The summed E-state index contributed by atoms with van der Waals surface area (Å²) in [6.07, 6.45) is 3.60. The van der Waals surface area contributed by atoms with Gasteiger partial charge in [0.05, 0.1) is 6.61 Å². The lowest BCUT2D eigenvalue weighted by Gasteiger charge is -2.47. The minimum atomic E-state index is -1.01. The highest BCUT2D eigenvalue weighted by Crippen LogP contribution is 2.56. The Morgan fingerprint density at radius 3 is 1.33 bits per heavy atom. The first-order valence-electron chi connectivity index (χ1n) is 14.6. The van der Waals surface area contributed by atoms with E-state index >= 15 is 0 Å². The van der Waals surface area contributed by atoms with Crippen molar-refractivity contribution in [3.05, 3.63) is 156 Å². The molecule has 1 aliphatic heterocycles. The fourth-order valence-corrected chi connectivity index (χ4v) is 6.73. The number of aliphatic hydroxyl groups is 1. The summed E-state index contributed by atoms with van der Waals surface area (Å²) in [5.74, 6) is 0.430. The predicted molar refractivity (Wildman–Crippen MR) is 165 cm³/mol. The Hall–Kier alpha value is -3.52. The average molecular weight is 560 g/mol. The summed E-state index contributed by atoms with van der Waals surface area (Å²) in [5, 5.41) is 9.38. The van der Waals surface area contributed by atoms with Gasteiger partial charge in [0.25, 0.3) is 0 Å². The number of methoxy groups -OCH3 is 2. The first-order valence-corrected chi connectivity index (χ1v) is 14.6. The van der Waals surface area contributed by atoms with Gasteiger partial charge in [-0.25, -0.2) is 0 Å². The summed E-state index contributed by atoms with van der Waals surface area (Å²) in [6.45, 7) is 0.0183. The molecule has 4 atom stereocenters. The van der Waals surface area contributed by atoms with Gasteiger partial charge in [-0.3, -0.25) is 0 Å². The van der Waals surface area contributed by atoms with Crippen LogP contribution in [-0.4, -0.2) is 45.3 Å². The molecule has 0 amide bonds. The molecule has 0 aromatic heterocycles. The summed E-state index contributed by atoms with van der Waals surface area (Å²) in [5.41, 5.74) is 1.85. The van der Waals surface area contributed by atoms with Crippen LogP contribution in [0, 0.1) is 5.92 Å². The molecule has 4 aromatic rings. The van der Waals surface area contributed by atoms with E-state index in [1.807, 2.05) is 72.8 Å². The van der Waals surface area contributed by atoms with E-state index in [4.69, 9.17) is 18.8 Å². The van der Waals surface area contributed by atoms with Crippen LogP contribution in [0.25, 0.3) is 0 Å². The van der Waals surface area contributed by atoms with Gasteiger partial charge in [0.15, 0.2) is 0 Å². The van der Waals surface area contributed by atoms with E-state index in [1.54, 1.807) is 20.3 Å². The number of aliphatic hydroxyl groups excluding tert-OH is 1. The smallest absolute Gasteiger partial charge is 0.402 e. The van der Waals surface area contributed by atoms with Crippen molar-refractivity contribution >= 4 is 7.12 Å². The molecule has 1 heterocycles. The number of benzene rings is 4. The monoisotopic (exact) mass is 560 g/mol. The molecule has 5 nitrogen and oxygen atoms in total. The van der Waals surface area contributed by atoms with E-state index in [-0.39, 0.29) is 18.3 Å². The zero-order valence-electron chi connectivity index (χ0n) is 24.1. The summed E-state index contributed by atoms with van der Waals surface area (Å²) < 4.78 is 27.5. The SMILES string of the molecule is COC(c1ccccc1)(c1ccccc1)[C@@H]1OB([C@@H]2C[C@@H]2/C=C/CO)O[C@H]1C(OC)(c1ccccc1)c1ccccc1. The molecular weight excluding hydrogens is 523 g/mol. The van der Waals surface area contributed by atoms with E-state index in [9.17, 15) is 5.11 Å². The van der Waals surface area contributed by atoms with Crippen LogP contribution < -0.4 is 0 Å². The molecule has 1 saturated heterocycles. The predicted octanol–water partition coefficient (Wildman–Crippen LogP) is 6.38. The zero-order chi connectivity index (χ0) is 29.0. The molecule has 6 heteroatoms. The lowest BCUT2D eigenvalue weighted by Crippen LogP contribution is -2.56. The van der Waals surface area contributed by atoms with Crippen molar-refractivity contribution < 1.29 is 23.9 Å². The van der Waals surface area contributed by atoms with Crippen LogP contribution in [0.15, 0.2) is 133 Å². The van der Waals surface area contributed by atoms with E-state index in [2.05, 4.69) is 54.6 Å². The van der Waals surface area contributed by atoms with Gasteiger partial charge in [-0.2, -0.15) is 0 Å². The quantitative estimate of drug-likeness (QED) is 0.171. The van der Waals surface area contributed by atoms with Crippen LogP contribution in [0.1, 0.15) is 28.7 Å². The topological polar surface area (TPSA) is 57.2 Å². The number of rotatable bonds is 11. The van der Waals surface area contributed by atoms with E-state index in [0.717, 1.165) is 28.7 Å². The highest BCUT2D eigenvalue weighted by molar-refractivity contribution is 6.48. The molecular formula is C36H37BO5. The highest BCUT2D eigenvalue weighted by Gasteiger charge is 2.65. The van der Waals surface area contributed by atoms with Gasteiger partial charge in [0, 0.05) is 20.0 Å². The number of hydrogen-bond acceptors (Lipinski definition) is 5. The maximum absolute atomic E-state index is 9.38. The van der Waals surface area contributed by atoms with Gasteiger partial charge in [-0.1, -0.05) is 133 Å². The van der Waals surface area contributed by atoms with Crippen molar-refractivity contribution in [2.75, 3.05) is 20.8 Å². The molecule has 214 valence electrons. The van der Waals surface area contributed by atoms with E-state index in [1.165, 1.54) is 0 Å². The Bertz CT molecular complexity index is 1270. The third-order valence-corrected chi connectivity index (χ3v) is 8.82. The summed E-state index contributed by atoms with van der Waals surface area (Å²) in [7, 11) is 3.01. The Labute approximate surface area is 248 Å². The lowest BCUT2D eigenvalue weighted by molar-refractivity contribution is -0.136. The molecule has 0 spiro atoms. The molecule has 0 bridgehead atoms. The van der Waals surface area contributed by atoms with Crippen molar-refractivity contribution in [2.24, 2.45) is 5.92 Å². The minimum Gasteiger partial charge on any atom is -0.402 e. The number of hydrogen-bond donors (Lipinski definition) is 1. The van der Waals surface area contributed by atoms with E-state index in [0.29, 0.717) is 0 Å². The molecule has 2 fully saturated rings. The summed E-state index contributed by atoms with van der Waals surface area (Å²) in [6, 6.07) is 41.0. The number of ether oxygens (including phenoxy) is 2. The first kappa shape index (κ1) is 28.6. The maximum Gasteiger partial charge on any atom is 0.461 e. The first-order chi connectivity index (χ1) is 20.7. The lowest BCUT2D eigenvalue weighted by atomic mass is 9.71. The van der Waals surface area contributed by atoms with Crippen LogP contribution in [0.4, 0.5) is 0 Å². The molecule has 2 aliphatic rings. The fourth-order valence-electron chi connectivity index (χ4n) is 6.73. The Balaban J connectivity index is 1.58. The van der Waals surface area contributed by atoms with Gasteiger partial charge in [0.2, 0.25) is 0 Å². The van der Waals surface area contributed by atoms with Crippen molar-refractivity contribution in [3.8, 4) is 0 Å². The van der Waals surface area contributed by atoms with Crippen LogP contribution in [-0.2, 0) is 30.0 Å².